The molecule has 4 aliphatic rings. The lowest BCUT2D eigenvalue weighted by Crippen LogP contribution is -2.12. The van der Waals surface area contributed by atoms with Crippen molar-refractivity contribution >= 4 is 64.6 Å². The first-order valence-electron chi connectivity index (χ1n) is 38.7. The van der Waals surface area contributed by atoms with E-state index in [-0.39, 0.29) is 10.8 Å². The van der Waals surface area contributed by atoms with Crippen molar-refractivity contribution in [2.75, 3.05) is 0 Å². The second-order valence-electron chi connectivity index (χ2n) is 33.4. The highest BCUT2D eigenvalue weighted by Gasteiger charge is 2.41. The van der Waals surface area contributed by atoms with Crippen LogP contribution in [0, 0.1) is 102 Å². The van der Waals surface area contributed by atoms with Gasteiger partial charge in [-0.3, -0.25) is 0 Å². The number of hydrogen-bond donors (Lipinski definition) is 0. The van der Waals surface area contributed by atoms with Gasteiger partial charge in [0, 0.05) is 0 Å². The molecule has 0 saturated heterocycles. The molecule has 16 rings (SSSR count). The van der Waals surface area contributed by atoms with Crippen molar-refractivity contribution in [1.29, 1.82) is 0 Å². The summed E-state index contributed by atoms with van der Waals surface area (Å²) >= 11 is 0. The van der Waals surface area contributed by atoms with Crippen molar-refractivity contribution in [3.63, 3.8) is 0 Å². The predicted molar refractivity (Wildman–Crippen MR) is 443 cm³/mol. The fraction of sp³-hybridized carbons (Fsp3) is 0.400. The molecule has 3 unspecified atom stereocenters. The maximum Gasteiger partial charge on any atom is -0.0125 e. The molecule has 0 N–H and O–H groups in total. The van der Waals surface area contributed by atoms with Gasteiger partial charge in [-0.1, -0.05) is 268 Å². The summed E-state index contributed by atoms with van der Waals surface area (Å²) in [5.74, 6) is 4.42. The molecule has 520 valence electrons. The van der Waals surface area contributed by atoms with Crippen molar-refractivity contribution in [2.24, 2.45) is 11.8 Å². The Morgan fingerprint density at radius 3 is 1.16 bits per heavy atom. The zero-order chi connectivity index (χ0) is 71.3. The molecule has 0 spiro atoms. The van der Waals surface area contributed by atoms with Gasteiger partial charge in [0.2, 0.25) is 0 Å². The second kappa shape index (κ2) is 31.6. The van der Waals surface area contributed by atoms with Crippen molar-refractivity contribution in [1.82, 2.24) is 0 Å². The van der Waals surface area contributed by atoms with E-state index >= 15 is 0 Å². The molecule has 2 bridgehead atoms. The molecule has 4 saturated carbocycles. The minimum atomic E-state index is 0.206. The number of aryl methyl sites for hydroxylation is 12. The lowest BCUT2D eigenvalue weighted by atomic mass is 9.80. The van der Waals surface area contributed by atoms with Gasteiger partial charge in [-0.2, -0.15) is 0 Å². The largest absolute Gasteiger partial charge is 0.0616 e. The molecule has 0 aliphatic heterocycles. The average molecular weight is 1320 g/mol. The molecular weight excluding hydrogens is 1200 g/mol. The lowest BCUT2D eigenvalue weighted by Gasteiger charge is -2.25. The molecule has 0 nitrogen and oxygen atoms in total. The normalized spacial score (nSPS) is 17.0. The molecule has 4 aliphatic carbocycles. The monoisotopic (exact) mass is 1320 g/mol. The zero-order valence-electron chi connectivity index (χ0n) is 65.1. The SMILES string of the molecule is Cc1cc(C(C)(C)C)c2ccccc2c1C.Cc1cc(C2CC3CCC2C3)c2ccccc2c1C.Cc1cc(C2CCCCC2)c2ccccc2c1C.Cc1cc2cccc(C(C)(C)C)c2cc1C.Cc1cc2cccc(C3CCCCC3)c2cc1C.Cc1cc2ccccc2c(C)c1C. The van der Waals surface area contributed by atoms with Gasteiger partial charge in [0.1, 0.15) is 0 Å². The van der Waals surface area contributed by atoms with Crippen molar-refractivity contribution in [2.45, 2.75) is 250 Å². The molecule has 0 amide bonds. The van der Waals surface area contributed by atoms with Crippen LogP contribution in [0.2, 0.25) is 0 Å². The minimum absolute atomic E-state index is 0.206. The molecule has 0 aromatic heterocycles. The zero-order valence-corrected chi connectivity index (χ0v) is 65.1. The van der Waals surface area contributed by atoms with E-state index in [2.05, 4.69) is 314 Å². The van der Waals surface area contributed by atoms with Gasteiger partial charge in [-0.05, 0) is 340 Å². The molecule has 12 aromatic rings. The summed E-state index contributed by atoms with van der Waals surface area (Å²) in [6.45, 7) is 42.5. The Hall–Kier alpha value is -7.80. The summed E-state index contributed by atoms with van der Waals surface area (Å²) in [5.41, 5.74) is 26.6. The van der Waals surface area contributed by atoms with Crippen LogP contribution in [0.15, 0.2) is 182 Å². The van der Waals surface area contributed by atoms with E-state index in [1.807, 2.05) is 0 Å². The fourth-order valence-corrected chi connectivity index (χ4v) is 17.7. The molecule has 12 aromatic carbocycles. The van der Waals surface area contributed by atoms with Crippen molar-refractivity contribution in [3.8, 4) is 0 Å². The van der Waals surface area contributed by atoms with Crippen LogP contribution in [0.4, 0.5) is 0 Å². The van der Waals surface area contributed by atoms with Crippen LogP contribution in [0.25, 0.3) is 64.6 Å². The first-order chi connectivity index (χ1) is 47.8. The van der Waals surface area contributed by atoms with Gasteiger partial charge in [-0.15, -0.1) is 0 Å². The highest BCUT2D eigenvalue weighted by Crippen LogP contribution is 2.54. The van der Waals surface area contributed by atoms with Crippen LogP contribution < -0.4 is 0 Å². The number of fused-ring (bicyclic) bond motifs is 8. The Balaban J connectivity index is 0.000000121. The van der Waals surface area contributed by atoms with E-state index in [4.69, 9.17) is 0 Å². The smallest absolute Gasteiger partial charge is 0.0125 e. The van der Waals surface area contributed by atoms with Gasteiger partial charge in [-0.25, -0.2) is 0 Å². The summed E-state index contributed by atoms with van der Waals surface area (Å²) in [4.78, 5) is 0. The van der Waals surface area contributed by atoms with Gasteiger partial charge in [0.25, 0.3) is 0 Å². The third kappa shape index (κ3) is 16.4. The quantitative estimate of drug-likeness (QED) is 0.165. The van der Waals surface area contributed by atoms with E-state index in [1.165, 1.54) is 238 Å². The Morgan fingerprint density at radius 2 is 0.640 bits per heavy atom. The molecule has 0 heterocycles. The standard InChI is InChI=1S/C19H22.2C18H22.2C16H20.C13H14/c1-12-9-19(18-11-14-7-8-15(18)10-14)17-6-4-3-5-16(17)13(12)2;1-13-12-18(15-8-4-3-5-9-15)17-11-7-6-10-16(17)14(13)2;1-13-11-16-9-6-10-17(18(16)12-14(13)2)15-7-4-3-5-8-15;1-11-9-13-7-6-8-15(16(3,4)5)14(13)10-12(11)2;1-11-10-15(16(3,4)5)14-9-7-6-8-13(14)12(11)2;1-9-8-12-6-4-5-7-13(12)11(3)10(9)2/h3-6,9,14-15,18H,7-8,10-11H2,1-2H3;6-7,10-12,15H,3-5,8-9H2,1-2H3;6,9-12,15H,3-5,7-8H2,1-2H3;2*6-10H,1-5H3;4-8H,1-3H3. The summed E-state index contributed by atoms with van der Waals surface area (Å²) in [5, 5.41) is 17.1. The second-order valence-corrected chi connectivity index (χ2v) is 33.4. The summed E-state index contributed by atoms with van der Waals surface area (Å²) < 4.78 is 0. The summed E-state index contributed by atoms with van der Waals surface area (Å²) in [6.07, 6.45) is 19.9. The highest BCUT2D eigenvalue weighted by atomic mass is 14.5. The van der Waals surface area contributed by atoms with E-state index in [0.717, 1.165) is 29.6 Å². The average Bonchev–Trinajstić information content (AvgIpc) is 1.49. The third-order valence-electron chi connectivity index (χ3n) is 24.5. The van der Waals surface area contributed by atoms with Crippen LogP contribution >= 0.6 is 0 Å². The van der Waals surface area contributed by atoms with Crippen LogP contribution in [-0.4, -0.2) is 0 Å². The molecule has 100 heavy (non-hydrogen) atoms. The topological polar surface area (TPSA) is 0 Å². The predicted octanol–water partition coefficient (Wildman–Crippen LogP) is 29.6. The number of benzene rings is 12. The van der Waals surface area contributed by atoms with Gasteiger partial charge in [0.15, 0.2) is 0 Å². The fourth-order valence-electron chi connectivity index (χ4n) is 17.7. The minimum Gasteiger partial charge on any atom is -0.0616 e. The third-order valence-corrected chi connectivity index (χ3v) is 24.5. The summed E-state index contributed by atoms with van der Waals surface area (Å²) in [6, 6.07) is 67.6. The van der Waals surface area contributed by atoms with E-state index in [1.54, 1.807) is 16.7 Å². The molecular formula is C100H120. The number of rotatable bonds is 3. The van der Waals surface area contributed by atoms with E-state index < -0.39 is 0 Å². The van der Waals surface area contributed by atoms with E-state index in [9.17, 15) is 0 Å². The van der Waals surface area contributed by atoms with Crippen molar-refractivity contribution in [3.05, 3.63) is 282 Å². The van der Waals surface area contributed by atoms with Crippen LogP contribution in [0.5, 0.6) is 0 Å². The number of hydrogen-bond acceptors (Lipinski definition) is 0. The first-order valence-corrected chi connectivity index (χ1v) is 38.7. The van der Waals surface area contributed by atoms with E-state index in [0.29, 0.717) is 0 Å². The molecule has 0 radical (unpaired) electrons. The van der Waals surface area contributed by atoms with Crippen LogP contribution in [0.3, 0.4) is 0 Å². The molecule has 0 heteroatoms. The maximum atomic E-state index is 2.49. The maximum absolute atomic E-state index is 2.49. The molecule has 3 atom stereocenters. The lowest BCUT2D eigenvalue weighted by molar-refractivity contribution is 0.422. The van der Waals surface area contributed by atoms with Gasteiger partial charge < -0.3 is 0 Å². The Kier molecular flexibility index (Phi) is 23.2. The highest BCUT2D eigenvalue weighted by molar-refractivity contribution is 5.93. The van der Waals surface area contributed by atoms with Gasteiger partial charge >= 0.3 is 0 Å². The molecule has 4 fully saturated rings. The van der Waals surface area contributed by atoms with Crippen LogP contribution in [-0.2, 0) is 10.8 Å². The first kappa shape index (κ1) is 73.4. The Morgan fingerprint density at radius 1 is 0.250 bits per heavy atom. The Labute approximate surface area is 604 Å². The van der Waals surface area contributed by atoms with Crippen molar-refractivity contribution < 1.29 is 0 Å². The van der Waals surface area contributed by atoms with Crippen LogP contribution in [0.1, 0.15) is 249 Å². The van der Waals surface area contributed by atoms with Gasteiger partial charge in [0.05, 0.1) is 0 Å². The Bertz CT molecular complexity index is 4860. The summed E-state index contributed by atoms with van der Waals surface area (Å²) in [7, 11) is 0.